The fourth-order valence-corrected chi connectivity index (χ4v) is 2.45. The number of hydrogen-bond donors (Lipinski definition) is 2. The summed E-state index contributed by atoms with van der Waals surface area (Å²) in [5, 5.41) is 6.27. The second kappa shape index (κ2) is 9.03. The van der Waals surface area contributed by atoms with E-state index in [0.717, 1.165) is 11.3 Å². The number of carbonyl (C=O) groups is 2. The van der Waals surface area contributed by atoms with Gasteiger partial charge >= 0.3 is 0 Å². The van der Waals surface area contributed by atoms with Crippen LogP contribution in [0.3, 0.4) is 0 Å². The summed E-state index contributed by atoms with van der Waals surface area (Å²) in [7, 11) is 0. The van der Waals surface area contributed by atoms with Crippen LogP contribution in [0.25, 0.3) is 0 Å². The van der Waals surface area contributed by atoms with E-state index in [4.69, 9.17) is 11.6 Å². The molecule has 0 aliphatic rings. The van der Waals surface area contributed by atoms with Crippen molar-refractivity contribution in [3.8, 4) is 0 Å². The van der Waals surface area contributed by atoms with Crippen molar-refractivity contribution in [3.63, 3.8) is 0 Å². The van der Waals surface area contributed by atoms with Gasteiger partial charge in [-0.05, 0) is 29.8 Å². The standard InChI is InChI=1S/C18H20ClN3O2/c1-13(23)22-17(14-5-7-15(19)8-6-14)12-18(24)21-11-9-16-4-2-3-10-20-16/h2-8,10,17H,9,11-12H2,1H3,(H,21,24)(H,22,23). The molecule has 0 aliphatic heterocycles. The third kappa shape index (κ3) is 6.01. The first-order valence-electron chi connectivity index (χ1n) is 7.74. The second-order valence-electron chi connectivity index (χ2n) is 5.43. The first kappa shape index (κ1) is 17.9. The Morgan fingerprint density at radius 1 is 1.17 bits per heavy atom. The normalized spacial score (nSPS) is 11.6. The zero-order valence-electron chi connectivity index (χ0n) is 13.5. The molecule has 126 valence electrons. The van der Waals surface area contributed by atoms with Gasteiger partial charge in [-0.15, -0.1) is 0 Å². The molecule has 1 heterocycles. The van der Waals surface area contributed by atoms with Crippen molar-refractivity contribution >= 4 is 23.4 Å². The Balaban J connectivity index is 1.89. The Bertz CT molecular complexity index is 674. The Hall–Kier alpha value is -2.40. The monoisotopic (exact) mass is 345 g/mol. The molecule has 24 heavy (non-hydrogen) atoms. The summed E-state index contributed by atoms with van der Waals surface area (Å²) in [6, 6.07) is 12.4. The molecular weight excluding hydrogens is 326 g/mol. The maximum atomic E-state index is 12.2. The molecule has 6 heteroatoms. The van der Waals surface area contributed by atoms with E-state index >= 15 is 0 Å². The zero-order valence-corrected chi connectivity index (χ0v) is 14.2. The predicted molar refractivity (Wildman–Crippen MR) is 93.6 cm³/mol. The minimum absolute atomic E-state index is 0.125. The number of rotatable bonds is 7. The van der Waals surface area contributed by atoms with Gasteiger partial charge in [0.2, 0.25) is 11.8 Å². The van der Waals surface area contributed by atoms with E-state index in [1.807, 2.05) is 30.3 Å². The fourth-order valence-electron chi connectivity index (χ4n) is 2.33. The van der Waals surface area contributed by atoms with E-state index in [1.54, 1.807) is 18.3 Å². The Morgan fingerprint density at radius 3 is 2.54 bits per heavy atom. The van der Waals surface area contributed by atoms with Crippen molar-refractivity contribution in [1.29, 1.82) is 0 Å². The number of halogens is 1. The number of carbonyl (C=O) groups excluding carboxylic acids is 2. The fraction of sp³-hybridized carbons (Fsp3) is 0.278. The van der Waals surface area contributed by atoms with E-state index in [1.165, 1.54) is 6.92 Å². The first-order valence-corrected chi connectivity index (χ1v) is 8.11. The van der Waals surface area contributed by atoms with Gasteiger partial charge in [0.25, 0.3) is 0 Å². The summed E-state index contributed by atoms with van der Waals surface area (Å²) in [6.07, 6.45) is 2.56. The second-order valence-corrected chi connectivity index (χ2v) is 5.87. The molecule has 1 aromatic carbocycles. The highest BCUT2D eigenvalue weighted by atomic mass is 35.5. The smallest absolute Gasteiger partial charge is 0.222 e. The molecule has 0 spiro atoms. The molecule has 0 saturated carbocycles. The van der Waals surface area contributed by atoms with Crippen LogP contribution >= 0.6 is 11.6 Å². The molecule has 5 nitrogen and oxygen atoms in total. The number of hydrogen-bond acceptors (Lipinski definition) is 3. The average Bonchev–Trinajstić information content (AvgIpc) is 2.55. The minimum Gasteiger partial charge on any atom is -0.356 e. The maximum absolute atomic E-state index is 12.2. The zero-order chi connectivity index (χ0) is 17.4. The highest BCUT2D eigenvalue weighted by Gasteiger charge is 2.17. The third-order valence-corrected chi connectivity index (χ3v) is 3.72. The summed E-state index contributed by atoms with van der Waals surface area (Å²) in [4.78, 5) is 27.8. The van der Waals surface area contributed by atoms with Crippen molar-refractivity contribution in [3.05, 3.63) is 64.9 Å². The van der Waals surface area contributed by atoms with Crippen LogP contribution < -0.4 is 10.6 Å². The number of amides is 2. The number of nitrogens with zero attached hydrogens (tertiary/aromatic N) is 1. The quantitative estimate of drug-likeness (QED) is 0.810. The van der Waals surface area contributed by atoms with Crippen LogP contribution in [0.5, 0.6) is 0 Å². The molecule has 0 fully saturated rings. The lowest BCUT2D eigenvalue weighted by atomic mass is 10.0. The summed E-state index contributed by atoms with van der Waals surface area (Å²) < 4.78 is 0. The number of benzene rings is 1. The average molecular weight is 346 g/mol. The SMILES string of the molecule is CC(=O)NC(CC(=O)NCCc1ccccn1)c1ccc(Cl)cc1. The Labute approximate surface area is 146 Å². The van der Waals surface area contributed by atoms with E-state index in [0.29, 0.717) is 18.0 Å². The van der Waals surface area contributed by atoms with Gasteiger partial charge in [-0.3, -0.25) is 14.6 Å². The van der Waals surface area contributed by atoms with Crippen LogP contribution in [0.2, 0.25) is 5.02 Å². The largest absolute Gasteiger partial charge is 0.356 e. The number of nitrogens with one attached hydrogen (secondary N) is 2. The van der Waals surface area contributed by atoms with E-state index in [-0.39, 0.29) is 24.3 Å². The van der Waals surface area contributed by atoms with Gasteiger partial charge in [0.1, 0.15) is 0 Å². The molecule has 2 aromatic rings. The van der Waals surface area contributed by atoms with Crippen LogP contribution in [0.15, 0.2) is 48.7 Å². The van der Waals surface area contributed by atoms with E-state index in [2.05, 4.69) is 15.6 Å². The van der Waals surface area contributed by atoms with Crippen molar-refractivity contribution in [2.24, 2.45) is 0 Å². The van der Waals surface area contributed by atoms with E-state index in [9.17, 15) is 9.59 Å². The maximum Gasteiger partial charge on any atom is 0.222 e. The van der Waals surface area contributed by atoms with Crippen LogP contribution in [0, 0.1) is 0 Å². The van der Waals surface area contributed by atoms with Gasteiger partial charge in [-0.2, -0.15) is 0 Å². The van der Waals surface area contributed by atoms with Crippen LogP contribution in [-0.4, -0.2) is 23.3 Å². The molecule has 2 rings (SSSR count). The van der Waals surface area contributed by atoms with Crippen molar-refractivity contribution in [2.45, 2.75) is 25.8 Å². The molecule has 2 amide bonds. The lowest BCUT2D eigenvalue weighted by molar-refractivity contribution is -0.122. The summed E-state index contributed by atoms with van der Waals surface area (Å²) in [5.74, 6) is -0.309. The minimum atomic E-state index is -0.380. The summed E-state index contributed by atoms with van der Waals surface area (Å²) in [6.45, 7) is 1.94. The van der Waals surface area contributed by atoms with Gasteiger partial charge in [0, 0.05) is 36.8 Å². The Morgan fingerprint density at radius 2 is 1.92 bits per heavy atom. The number of pyridine rings is 1. The van der Waals surface area contributed by atoms with Gasteiger partial charge in [0.05, 0.1) is 12.5 Å². The van der Waals surface area contributed by atoms with Gasteiger partial charge in [-0.25, -0.2) is 0 Å². The van der Waals surface area contributed by atoms with E-state index < -0.39 is 0 Å². The molecule has 1 unspecified atom stereocenters. The van der Waals surface area contributed by atoms with Crippen LogP contribution in [0.4, 0.5) is 0 Å². The van der Waals surface area contributed by atoms with Crippen LogP contribution in [0.1, 0.15) is 30.6 Å². The molecular formula is C18H20ClN3O2. The first-order chi connectivity index (χ1) is 11.5. The van der Waals surface area contributed by atoms with Gasteiger partial charge in [-0.1, -0.05) is 29.8 Å². The van der Waals surface area contributed by atoms with Gasteiger partial charge in [0.15, 0.2) is 0 Å². The molecule has 1 aromatic heterocycles. The van der Waals surface area contributed by atoms with Crippen molar-refractivity contribution < 1.29 is 9.59 Å². The molecule has 2 N–H and O–H groups in total. The van der Waals surface area contributed by atoms with Crippen molar-refractivity contribution in [1.82, 2.24) is 15.6 Å². The summed E-state index contributed by atoms with van der Waals surface area (Å²) >= 11 is 5.88. The predicted octanol–water partition coefficient (Wildman–Crippen LogP) is 2.66. The van der Waals surface area contributed by atoms with Gasteiger partial charge < -0.3 is 10.6 Å². The Kier molecular flexibility index (Phi) is 6.75. The topological polar surface area (TPSA) is 71.1 Å². The lowest BCUT2D eigenvalue weighted by Gasteiger charge is -2.18. The lowest BCUT2D eigenvalue weighted by Crippen LogP contribution is -2.33. The highest BCUT2D eigenvalue weighted by molar-refractivity contribution is 6.30. The molecule has 0 aliphatic carbocycles. The molecule has 0 bridgehead atoms. The molecule has 0 radical (unpaired) electrons. The summed E-state index contributed by atoms with van der Waals surface area (Å²) in [5.41, 5.74) is 1.77. The third-order valence-electron chi connectivity index (χ3n) is 3.47. The molecule has 1 atom stereocenters. The number of aromatic nitrogens is 1. The highest BCUT2D eigenvalue weighted by Crippen LogP contribution is 2.19. The molecule has 0 saturated heterocycles. The van der Waals surface area contributed by atoms with Crippen molar-refractivity contribution in [2.75, 3.05) is 6.54 Å². The van der Waals surface area contributed by atoms with Crippen LogP contribution in [-0.2, 0) is 16.0 Å².